The maximum absolute atomic E-state index is 12.6. The number of H-pyrrole nitrogens is 1. The number of para-hydroxylation sites is 1. The van der Waals surface area contributed by atoms with Crippen molar-refractivity contribution >= 4 is 38.4 Å². The number of nitrogens with zero attached hydrogens (tertiary/aromatic N) is 1. The monoisotopic (exact) mass is 385 g/mol. The lowest BCUT2D eigenvalue weighted by molar-refractivity contribution is 0.484. The first kappa shape index (κ1) is 16.7. The predicted molar refractivity (Wildman–Crippen MR) is 102 cm³/mol. The highest BCUT2D eigenvalue weighted by molar-refractivity contribution is 7.98. The van der Waals surface area contributed by atoms with Crippen molar-refractivity contribution in [2.24, 2.45) is 0 Å². The molecule has 8 heteroatoms. The third-order valence-electron chi connectivity index (χ3n) is 3.71. The minimum Gasteiger partial charge on any atom is -0.443 e. The maximum Gasteiger partial charge on any atom is 0.295 e. The Morgan fingerprint density at radius 3 is 2.77 bits per heavy atom. The number of fused-ring (bicyclic) bond motifs is 1. The lowest BCUT2D eigenvalue weighted by Crippen LogP contribution is -2.12. The Hall–Kier alpha value is -2.71. The lowest BCUT2D eigenvalue weighted by atomic mass is 10.3. The molecule has 0 spiro atoms. The fraction of sp³-hybridized carbons (Fsp3) is 0.0556. The van der Waals surface area contributed by atoms with E-state index in [1.165, 1.54) is 6.07 Å². The van der Waals surface area contributed by atoms with Crippen LogP contribution < -0.4 is 4.72 Å². The van der Waals surface area contributed by atoms with Gasteiger partial charge in [-0.2, -0.15) is 13.5 Å². The quantitative estimate of drug-likeness (QED) is 0.485. The van der Waals surface area contributed by atoms with E-state index in [0.717, 1.165) is 21.7 Å². The normalized spacial score (nSPS) is 11.7. The van der Waals surface area contributed by atoms with Crippen LogP contribution in [0.25, 0.3) is 11.0 Å². The van der Waals surface area contributed by atoms with Gasteiger partial charge < -0.3 is 4.42 Å². The molecule has 0 aliphatic rings. The van der Waals surface area contributed by atoms with E-state index in [1.807, 2.05) is 30.3 Å². The Labute approximate surface area is 154 Å². The summed E-state index contributed by atoms with van der Waals surface area (Å²) in [5.41, 5.74) is 2.03. The molecule has 0 radical (unpaired) electrons. The number of thioether (sulfide) groups is 1. The molecule has 0 unspecified atom stereocenters. The van der Waals surface area contributed by atoms with Crippen LogP contribution >= 0.6 is 11.8 Å². The van der Waals surface area contributed by atoms with E-state index in [0.29, 0.717) is 11.3 Å². The van der Waals surface area contributed by atoms with E-state index in [-0.39, 0.29) is 5.09 Å². The standard InChI is InChI=1S/C18H15N3O3S2/c22-26(23,18-10-13-4-1-2-7-17(13)24-18)21-14-5-3-6-16(11-14)25-12-15-8-9-19-20-15/h1-11,21H,12H2,(H,19,20). The molecule has 0 aliphatic carbocycles. The highest BCUT2D eigenvalue weighted by atomic mass is 32.2. The molecule has 0 atom stereocenters. The molecular formula is C18H15N3O3S2. The second-order valence-corrected chi connectivity index (χ2v) is 8.27. The molecule has 6 nitrogen and oxygen atoms in total. The van der Waals surface area contributed by atoms with E-state index in [9.17, 15) is 8.42 Å². The molecule has 132 valence electrons. The molecular weight excluding hydrogens is 370 g/mol. The number of aromatic nitrogens is 2. The number of sulfonamides is 1. The summed E-state index contributed by atoms with van der Waals surface area (Å²) in [7, 11) is -3.79. The summed E-state index contributed by atoms with van der Waals surface area (Å²) in [6.45, 7) is 0. The number of hydrogen-bond acceptors (Lipinski definition) is 5. The van der Waals surface area contributed by atoms with Crippen LogP contribution in [0.15, 0.2) is 81.3 Å². The zero-order valence-electron chi connectivity index (χ0n) is 13.5. The van der Waals surface area contributed by atoms with Crippen LogP contribution in [0.4, 0.5) is 5.69 Å². The van der Waals surface area contributed by atoms with Gasteiger partial charge in [-0.05, 0) is 30.3 Å². The Kier molecular flexibility index (Phi) is 4.44. The van der Waals surface area contributed by atoms with Crippen molar-refractivity contribution in [2.75, 3.05) is 4.72 Å². The Morgan fingerprint density at radius 1 is 1.08 bits per heavy atom. The van der Waals surface area contributed by atoms with Crippen molar-refractivity contribution in [2.45, 2.75) is 15.7 Å². The number of benzene rings is 2. The molecule has 0 aliphatic heterocycles. The zero-order valence-corrected chi connectivity index (χ0v) is 15.2. The van der Waals surface area contributed by atoms with Crippen molar-refractivity contribution in [1.29, 1.82) is 0 Å². The molecule has 4 rings (SSSR count). The smallest absolute Gasteiger partial charge is 0.295 e. The largest absolute Gasteiger partial charge is 0.443 e. The van der Waals surface area contributed by atoms with Crippen molar-refractivity contribution in [1.82, 2.24) is 10.2 Å². The number of nitrogens with one attached hydrogen (secondary N) is 2. The molecule has 0 bridgehead atoms. The van der Waals surface area contributed by atoms with E-state index >= 15 is 0 Å². The van der Waals surface area contributed by atoms with Gasteiger partial charge in [-0.1, -0.05) is 24.3 Å². The first-order chi connectivity index (χ1) is 12.6. The van der Waals surface area contributed by atoms with E-state index in [2.05, 4.69) is 14.9 Å². The van der Waals surface area contributed by atoms with Gasteiger partial charge in [0.1, 0.15) is 5.58 Å². The minimum absolute atomic E-state index is 0.103. The third-order valence-corrected chi connectivity index (χ3v) is 5.98. The first-order valence-electron chi connectivity index (χ1n) is 7.83. The van der Waals surface area contributed by atoms with Crippen LogP contribution in [0.2, 0.25) is 0 Å². The minimum atomic E-state index is -3.79. The fourth-order valence-electron chi connectivity index (χ4n) is 2.47. The molecule has 2 heterocycles. The molecule has 2 aromatic heterocycles. The van der Waals surface area contributed by atoms with Crippen LogP contribution in [0.5, 0.6) is 0 Å². The fourth-order valence-corrected chi connectivity index (χ4v) is 4.36. The van der Waals surface area contributed by atoms with Gasteiger partial charge in [0, 0.05) is 34.0 Å². The molecule has 2 N–H and O–H groups in total. The second-order valence-electron chi connectivity index (χ2n) is 5.61. The van der Waals surface area contributed by atoms with Gasteiger partial charge in [0.25, 0.3) is 10.0 Å². The number of anilines is 1. The molecule has 0 saturated carbocycles. The summed E-state index contributed by atoms with van der Waals surface area (Å²) >= 11 is 1.59. The number of rotatable bonds is 6. The summed E-state index contributed by atoms with van der Waals surface area (Å²) in [6.07, 6.45) is 1.70. The maximum atomic E-state index is 12.6. The topological polar surface area (TPSA) is 88.0 Å². The van der Waals surface area contributed by atoms with Crippen LogP contribution in [-0.4, -0.2) is 18.6 Å². The SMILES string of the molecule is O=S(=O)(Nc1cccc(SCc2ccn[nH]2)c1)c1cc2ccccc2o1. The van der Waals surface area contributed by atoms with Gasteiger partial charge >= 0.3 is 0 Å². The molecule has 0 fully saturated rings. The van der Waals surface area contributed by atoms with Crippen LogP contribution in [0.3, 0.4) is 0 Å². The predicted octanol–water partition coefficient (Wildman–Crippen LogP) is 4.25. The van der Waals surface area contributed by atoms with Gasteiger partial charge in [-0.15, -0.1) is 11.8 Å². The molecule has 0 amide bonds. The van der Waals surface area contributed by atoms with Crippen molar-refractivity contribution in [3.8, 4) is 0 Å². The van der Waals surface area contributed by atoms with Gasteiger partial charge in [0.2, 0.25) is 5.09 Å². The average Bonchev–Trinajstić information content (AvgIpc) is 3.29. The van der Waals surface area contributed by atoms with Crippen LogP contribution in [0.1, 0.15) is 5.69 Å². The molecule has 26 heavy (non-hydrogen) atoms. The highest BCUT2D eigenvalue weighted by Crippen LogP contribution is 2.27. The van der Waals surface area contributed by atoms with Crippen LogP contribution in [0, 0.1) is 0 Å². The summed E-state index contributed by atoms with van der Waals surface area (Å²) < 4.78 is 33.2. The Balaban J connectivity index is 1.53. The zero-order chi connectivity index (χ0) is 18.0. The Bertz CT molecular complexity index is 1100. The summed E-state index contributed by atoms with van der Waals surface area (Å²) in [6, 6.07) is 17.9. The summed E-state index contributed by atoms with van der Waals surface area (Å²) in [4.78, 5) is 0.949. The van der Waals surface area contributed by atoms with Gasteiger partial charge in [-0.3, -0.25) is 9.82 Å². The van der Waals surface area contributed by atoms with E-state index in [4.69, 9.17) is 4.42 Å². The third kappa shape index (κ3) is 3.61. The first-order valence-corrected chi connectivity index (χ1v) is 10.3. The molecule has 0 saturated heterocycles. The molecule has 2 aromatic carbocycles. The Morgan fingerprint density at radius 2 is 1.96 bits per heavy atom. The average molecular weight is 385 g/mol. The van der Waals surface area contributed by atoms with Crippen molar-refractivity contribution in [3.05, 3.63) is 72.6 Å². The van der Waals surface area contributed by atoms with Crippen molar-refractivity contribution in [3.63, 3.8) is 0 Å². The highest BCUT2D eigenvalue weighted by Gasteiger charge is 2.19. The van der Waals surface area contributed by atoms with Gasteiger partial charge in [0.15, 0.2) is 0 Å². The van der Waals surface area contributed by atoms with E-state index in [1.54, 1.807) is 42.2 Å². The van der Waals surface area contributed by atoms with E-state index < -0.39 is 10.0 Å². The summed E-state index contributed by atoms with van der Waals surface area (Å²) in [5, 5.41) is 7.46. The number of hydrogen-bond donors (Lipinski definition) is 2. The van der Waals surface area contributed by atoms with Gasteiger partial charge in [-0.25, -0.2) is 0 Å². The second kappa shape index (κ2) is 6.89. The number of aromatic amines is 1. The molecule has 4 aromatic rings. The summed E-state index contributed by atoms with van der Waals surface area (Å²) in [5.74, 6) is 0.722. The van der Waals surface area contributed by atoms with Crippen molar-refractivity contribution < 1.29 is 12.8 Å². The van der Waals surface area contributed by atoms with Gasteiger partial charge in [0.05, 0.1) is 5.69 Å². The lowest BCUT2D eigenvalue weighted by Gasteiger charge is -2.07. The number of furan rings is 1. The van der Waals surface area contributed by atoms with Crippen LogP contribution in [-0.2, 0) is 15.8 Å².